The van der Waals surface area contributed by atoms with E-state index in [9.17, 15) is 0 Å². The fourth-order valence-electron chi connectivity index (χ4n) is 1.23. The van der Waals surface area contributed by atoms with Crippen molar-refractivity contribution < 1.29 is 0 Å². The maximum atomic E-state index is 8.34. The molecule has 1 rings (SSSR count). The van der Waals surface area contributed by atoms with E-state index >= 15 is 0 Å². The first-order chi connectivity index (χ1) is 7.34. The third-order valence-corrected chi connectivity index (χ3v) is 2.38. The first kappa shape index (κ1) is 12.0. The van der Waals surface area contributed by atoms with Crippen LogP contribution in [-0.2, 0) is 6.54 Å². The normalized spacial score (nSPS) is 9.87. The summed E-state index contributed by atoms with van der Waals surface area (Å²) in [6.45, 7) is 1.64. The molecular formula is C11H14ClN3. The summed E-state index contributed by atoms with van der Waals surface area (Å²) in [4.78, 5) is 3.99. The van der Waals surface area contributed by atoms with Crippen LogP contribution in [-0.4, -0.2) is 11.5 Å². The highest BCUT2D eigenvalue weighted by molar-refractivity contribution is 6.30. The minimum atomic E-state index is 0.557. The summed E-state index contributed by atoms with van der Waals surface area (Å²) in [5.74, 6) is 0. The summed E-state index contributed by atoms with van der Waals surface area (Å²) >= 11 is 5.89. The van der Waals surface area contributed by atoms with Crippen molar-refractivity contribution in [2.45, 2.75) is 25.8 Å². The van der Waals surface area contributed by atoms with E-state index < -0.39 is 0 Å². The van der Waals surface area contributed by atoms with E-state index in [1.54, 1.807) is 6.20 Å². The molecule has 0 atom stereocenters. The molecule has 0 saturated carbocycles. The van der Waals surface area contributed by atoms with Crippen molar-refractivity contribution in [1.82, 2.24) is 10.3 Å². The van der Waals surface area contributed by atoms with Crippen molar-refractivity contribution in [2.75, 3.05) is 6.54 Å². The first-order valence-corrected chi connectivity index (χ1v) is 5.39. The molecule has 0 unspecified atom stereocenters. The largest absolute Gasteiger partial charge is 0.313 e. The predicted octanol–water partition coefficient (Wildman–Crippen LogP) is 2.52. The number of nitrogens with zero attached hydrogens (tertiary/aromatic N) is 2. The Bertz CT molecular complexity index is 333. The number of aromatic nitrogens is 1. The summed E-state index contributed by atoms with van der Waals surface area (Å²) in [5, 5.41) is 12.2. The number of pyridine rings is 1. The lowest BCUT2D eigenvalue weighted by atomic mass is 10.2. The van der Waals surface area contributed by atoms with Crippen molar-refractivity contribution in [3.05, 3.63) is 29.0 Å². The lowest BCUT2D eigenvalue weighted by Crippen LogP contribution is -2.15. The molecule has 0 spiro atoms. The smallest absolute Gasteiger partial charge is 0.133 e. The van der Waals surface area contributed by atoms with E-state index in [2.05, 4.69) is 16.4 Å². The average Bonchev–Trinajstić information content (AvgIpc) is 2.25. The number of unbranched alkanes of at least 4 members (excludes halogenated alkanes) is 2. The molecule has 1 aromatic heterocycles. The van der Waals surface area contributed by atoms with Crippen molar-refractivity contribution in [2.24, 2.45) is 0 Å². The second kappa shape index (κ2) is 7.22. The van der Waals surface area contributed by atoms with E-state index in [1.165, 1.54) is 0 Å². The van der Waals surface area contributed by atoms with Crippen LogP contribution < -0.4 is 5.32 Å². The summed E-state index contributed by atoms with van der Waals surface area (Å²) in [5.41, 5.74) is 1.01. The van der Waals surface area contributed by atoms with Crippen molar-refractivity contribution >= 4 is 11.6 Å². The van der Waals surface area contributed by atoms with Crippen LogP contribution in [0.5, 0.6) is 0 Å². The van der Waals surface area contributed by atoms with Crippen molar-refractivity contribution in [1.29, 1.82) is 5.26 Å². The molecule has 0 aliphatic carbocycles. The lowest BCUT2D eigenvalue weighted by molar-refractivity contribution is 0.628. The van der Waals surface area contributed by atoms with Crippen LogP contribution in [0.25, 0.3) is 0 Å². The second-order valence-corrected chi connectivity index (χ2v) is 3.60. The summed E-state index contributed by atoms with van der Waals surface area (Å²) < 4.78 is 0. The van der Waals surface area contributed by atoms with Gasteiger partial charge in [-0.2, -0.15) is 5.26 Å². The first-order valence-electron chi connectivity index (χ1n) is 5.01. The summed E-state index contributed by atoms with van der Waals surface area (Å²) in [7, 11) is 0. The molecule has 0 saturated heterocycles. The molecule has 4 heteroatoms. The van der Waals surface area contributed by atoms with Gasteiger partial charge in [0, 0.05) is 24.7 Å². The molecular weight excluding hydrogens is 210 g/mol. The third kappa shape index (κ3) is 4.78. The lowest BCUT2D eigenvalue weighted by Gasteiger charge is -2.04. The number of rotatable bonds is 6. The van der Waals surface area contributed by atoms with Crippen LogP contribution in [0.4, 0.5) is 0 Å². The topological polar surface area (TPSA) is 48.7 Å². The van der Waals surface area contributed by atoms with Crippen LogP contribution in [0.3, 0.4) is 0 Å². The fourth-order valence-corrected chi connectivity index (χ4v) is 1.41. The Morgan fingerprint density at radius 3 is 3.07 bits per heavy atom. The van der Waals surface area contributed by atoms with Crippen LogP contribution in [0, 0.1) is 11.3 Å². The van der Waals surface area contributed by atoms with Gasteiger partial charge in [-0.25, -0.2) is 4.98 Å². The zero-order chi connectivity index (χ0) is 10.9. The molecule has 80 valence electrons. The van der Waals surface area contributed by atoms with Gasteiger partial charge >= 0.3 is 0 Å². The van der Waals surface area contributed by atoms with Gasteiger partial charge in [-0.05, 0) is 25.5 Å². The number of halogens is 1. The Hall–Kier alpha value is -1.11. The highest BCUT2D eigenvalue weighted by atomic mass is 35.5. The molecule has 1 heterocycles. The van der Waals surface area contributed by atoms with Gasteiger partial charge < -0.3 is 5.32 Å². The second-order valence-electron chi connectivity index (χ2n) is 3.25. The maximum Gasteiger partial charge on any atom is 0.133 e. The Kier molecular flexibility index (Phi) is 5.76. The molecule has 1 aromatic rings. The van der Waals surface area contributed by atoms with Crippen LogP contribution in [0.15, 0.2) is 18.3 Å². The van der Waals surface area contributed by atoms with E-state index in [1.807, 2.05) is 12.1 Å². The predicted molar refractivity (Wildman–Crippen MR) is 60.4 cm³/mol. The standard InChI is InChI=1S/C11H14ClN3/c12-11-10(5-4-8-15-11)9-14-7-3-1-2-6-13/h4-5,8,14H,1-3,7,9H2. The van der Waals surface area contributed by atoms with Gasteiger partial charge in [-0.3, -0.25) is 0 Å². The van der Waals surface area contributed by atoms with Gasteiger partial charge in [0.05, 0.1) is 6.07 Å². The van der Waals surface area contributed by atoms with Crippen LogP contribution in [0.2, 0.25) is 5.15 Å². The van der Waals surface area contributed by atoms with Crippen LogP contribution >= 0.6 is 11.6 Å². The Morgan fingerprint density at radius 2 is 2.33 bits per heavy atom. The van der Waals surface area contributed by atoms with E-state index in [-0.39, 0.29) is 0 Å². The highest BCUT2D eigenvalue weighted by Gasteiger charge is 1.98. The van der Waals surface area contributed by atoms with Gasteiger partial charge in [-0.1, -0.05) is 17.7 Å². The molecule has 0 aliphatic heterocycles. The molecule has 0 bridgehead atoms. The molecule has 1 N–H and O–H groups in total. The molecule has 15 heavy (non-hydrogen) atoms. The van der Waals surface area contributed by atoms with Gasteiger partial charge in [0.1, 0.15) is 5.15 Å². The molecule has 3 nitrogen and oxygen atoms in total. The van der Waals surface area contributed by atoms with E-state index in [4.69, 9.17) is 16.9 Å². The average molecular weight is 224 g/mol. The number of hydrogen-bond acceptors (Lipinski definition) is 3. The monoisotopic (exact) mass is 223 g/mol. The van der Waals surface area contributed by atoms with Crippen molar-refractivity contribution in [3.8, 4) is 6.07 Å². The minimum Gasteiger partial charge on any atom is -0.313 e. The zero-order valence-corrected chi connectivity index (χ0v) is 9.30. The molecule has 0 amide bonds. The van der Waals surface area contributed by atoms with Crippen molar-refractivity contribution in [3.63, 3.8) is 0 Å². The molecule has 0 aliphatic rings. The Labute approximate surface area is 95.1 Å². The molecule has 0 radical (unpaired) electrons. The van der Waals surface area contributed by atoms with Gasteiger partial charge in [0.25, 0.3) is 0 Å². The maximum absolute atomic E-state index is 8.34. The van der Waals surface area contributed by atoms with Gasteiger partial charge in [-0.15, -0.1) is 0 Å². The number of hydrogen-bond donors (Lipinski definition) is 1. The van der Waals surface area contributed by atoms with E-state index in [0.717, 1.165) is 31.5 Å². The highest BCUT2D eigenvalue weighted by Crippen LogP contribution is 2.10. The Balaban J connectivity index is 2.16. The number of nitrogens with one attached hydrogen (secondary N) is 1. The van der Waals surface area contributed by atoms with Crippen LogP contribution in [0.1, 0.15) is 24.8 Å². The summed E-state index contributed by atoms with van der Waals surface area (Å²) in [6, 6.07) is 5.96. The van der Waals surface area contributed by atoms with Gasteiger partial charge in [0.2, 0.25) is 0 Å². The third-order valence-electron chi connectivity index (χ3n) is 2.04. The van der Waals surface area contributed by atoms with Gasteiger partial charge in [0.15, 0.2) is 0 Å². The molecule has 0 aromatic carbocycles. The zero-order valence-electron chi connectivity index (χ0n) is 8.54. The summed E-state index contributed by atoms with van der Waals surface area (Å²) in [6.07, 6.45) is 4.28. The minimum absolute atomic E-state index is 0.557. The quantitative estimate of drug-likeness (QED) is 0.596. The SMILES string of the molecule is N#CCCCCNCc1cccnc1Cl. The fraction of sp³-hybridized carbons (Fsp3) is 0.455. The molecule has 0 fully saturated rings. The number of nitriles is 1. The Morgan fingerprint density at radius 1 is 1.47 bits per heavy atom. The van der Waals surface area contributed by atoms with E-state index in [0.29, 0.717) is 11.6 Å².